The van der Waals surface area contributed by atoms with E-state index < -0.39 is 17.9 Å². The number of halogens is 2. The highest BCUT2D eigenvalue weighted by molar-refractivity contribution is 6.36. The van der Waals surface area contributed by atoms with Crippen molar-refractivity contribution in [2.45, 2.75) is 32.7 Å². The van der Waals surface area contributed by atoms with Gasteiger partial charge in [0.05, 0.1) is 22.2 Å². The summed E-state index contributed by atoms with van der Waals surface area (Å²) in [6, 6.07) is 0.654. The minimum Gasteiger partial charge on any atom is -0.480 e. The Morgan fingerprint density at radius 1 is 1.39 bits per heavy atom. The molecule has 0 aliphatic heterocycles. The molecule has 2 heterocycles. The van der Waals surface area contributed by atoms with E-state index in [-0.39, 0.29) is 12.3 Å². The van der Waals surface area contributed by atoms with Gasteiger partial charge in [0.1, 0.15) is 6.04 Å². The Labute approximate surface area is 143 Å². The molecule has 0 bridgehead atoms. The Balaban J connectivity index is 2.14. The number of hydrogen-bond donors (Lipinski definition) is 2. The number of rotatable bonds is 6. The van der Waals surface area contributed by atoms with Crippen molar-refractivity contribution in [3.63, 3.8) is 0 Å². The molecule has 2 N–H and O–H groups in total. The first-order chi connectivity index (χ1) is 10.8. The molecule has 0 radical (unpaired) electrons. The van der Waals surface area contributed by atoms with Crippen LogP contribution >= 0.6 is 23.2 Å². The Kier molecular flexibility index (Phi) is 5.49. The van der Waals surface area contributed by atoms with Crippen LogP contribution in [0.3, 0.4) is 0 Å². The number of nitrogens with zero attached hydrogens (tertiary/aromatic N) is 2. The third-order valence-corrected chi connectivity index (χ3v) is 4.14. The summed E-state index contributed by atoms with van der Waals surface area (Å²) >= 11 is 12.0. The second kappa shape index (κ2) is 7.19. The maximum absolute atomic E-state index is 12.1. The number of aromatic nitrogens is 2. The zero-order valence-electron chi connectivity index (χ0n) is 12.7. The Morgan fingerprint density at radius 3 is 2.70 bits per heavy atom. The van der Waals surface area contributed by atoms with Gasteiger partial charge in [-0.1, -0.05) is 43.5 Å². The van der Waals surface area contributed by atoms with Gasteiger partial charge in [-0.05, 0) is 12.0 Å². The molecule has 8 heteroatoms. The van der Waals surface area contributed by atoms with Gasteiger partial charge in [-0.25, -0.2) is 9.78 Å². The van der Waals surface area contributed by atoms with Crippen molar-refractivity contribution in [1.82, 2.24) is 14.7 Å². The minimum absolute atomic E-state index is 0.0319. The predicted molar refractivity (Wildman–Crippen MR) is 87.9 cm³/mol. The lowest BCUT2D eigenvalue weighted by atomic mass is 9.99. The second-order valence-corrected chi connectivity index (χ2v) is 6.26. The molecule has 0 aliphatic carbocycles. The Bertz CT molecular complexity index is 745. The first-order valence-electron chi connectivity index (χ1n) is 7.16. The third-order valence-electron chi connectivity index (χ3n) is 3.66. The van der Waals surface area contributed by atoms with E-state index in [0.717, 1.165) is 0 Å². The average Bonchev–Trinajstić information content (AvgIpc) is 2.86. The van der Waals surface area contributed by atoms with E-state index in [1.165, 1.54) is 0 Å². The summed E-state index contributed by atoms with van der Waals surface area (Å²) in [5, 5.41) is 12.6. The quantitative estimate of drug-likeness (QED) is 0.832. The van der Waals surface area contributed by atoms with Crippen LogP contribution < -0.4 is 5.32 Å². The number of carbonyl (C=O) groups excluding carboxylic acids is 1. The van der Waals surface area contributed by atoms with Gasteiger partial charge < -0.3 is 14.8 Å². The van der Waals surface area contributed by atoms with E-state index in [9.17, 15) is 14.7 Å². The van der Waals surface area contributed by atoms with Crippen LogP contribution in [-0.4, -0.2) is 32.4 Å². The van der Waals surface area contributed by atoms with Crippen molar-refractivity contribution in [1.29, 1.82) is 0 Å². The van der Waals surface area contributed by atoms with Crippen LogP contribution in [0.1, 0.15) is 26.0 Å². The molecule has 2 atom stereocenters. The van der Waals surface area contributed by atoms with Crippen LogP contribution in [0.25, 0.3) is 5.65 Å². The van der Waals surface area contributed by atoms with Gasteiger partial charge in [-0.3, -0.25) is 4.79 Å². The molecule has 0 saturated carbocycles. The smallest absolute Gasteiger partial charge is 0.326 e. The number of carboxylic acids is 1. The van der Waals surface area contributed by atoms with E-state index in [2.05, 4.69) is 10.3 Å². The monoisotopic (exact) mass is 357 g/mol. The fourth-order valence-electron chi connectivity index (χ4n) is 2.23. The molecule has 2 rings (SSSR count). The number of pyridine rings is 1. The molecule has 0 saturated heterocycles. The topological polar surface area (TPSA) is 83.7 Å². The molecule has 2 aromatic rings. The van der Waals surface area contributed by atoms with E-state index in [1.807, 2.05) is 6.92 Å². The van der Waals surface area contributed by atoms with Gasteiger partial charge in [0, 0.05) is 12.4 Å². The number of carbonyl (C=O) groups is 2. The van der Waals surface area contributed by atoms with Gasteiger partial charge in [0.25, 0.3) is 0 Å². The van der Waals surface area contributed by atoms with Gasteiger partial charge in [0.15, 0.2) is 5.65 Å². The lowest BCUT2D eigenvalue weighted by Gasteiger charge is -2.19. The zero-order chi connectivity index (χ0) is 17.1. The van der Waals surface area contributed by atoms with Crippen LogP contribution in [0.4, 0.5) is 0 Å². The lowest BCUT2D eigenvalue weighted by molar-refractivity contribution is -0.143. The van der Waals surface area contributed by atoms with E-state index in [0.29, 0.717) is 27.8 Å². The lowest BCUT2D eigenvalue weighted by Crippen LogP contribution is -2.45. The number of hydrogen-bond acceptors (Lipinski definition) is 3. The molecule has 0 spiro atoms. The van der Waals surface area contributed by atoms with Crippen molar-refractivity contribution < 1.29 is 14.7 Å². The highest BCUT2D eigenvalue weighted by atomic mass is 35.5. The zero-order valence-corrected chi connectivity index (χ0v) is 14.2. The summed E-state index contributed by atoms with van der Waals surface area (Å²) in [5.74, 6) is -1.60. The number of amides is 1. The summed E-state index contributed by atoms with van der Waals surface area (Å²) in [7, 11) is 0. The molecule has 0 aromatic carbocycles. The van der Waals surface area contributed by atoms with Crippen molar-refractivity contribution in [2.24, 2.45) is 5.92 Å². The van der Waals surface area contributed by atoms with E-state index in [4.69, 9.17) is 23.2 Å². The summed E-state index contributed by atoms with van der Waals surface area (Å²) in [6.07, 6.45) is 3.90. The third kappa shape index (κ3) is 4.14. The number of fused-ring (bicyclic) bond motifs is 1. The summed E-state index contributed by atoms with van der Waals surface area (Å²) in [5.41, 5.74) is 0.982. The summed E-state index contributed by atoms with van der Waals surface area (Å²) in [6.45, 7) is 3.66. The SMILES string of the molecule is CC[C@H](C)[C@H](NC(=O)Cc1cn2cc(Cl)cc(Cl)c2n1)C(=O)O. The number of nitrogens with one attached hydrogen (secondary N) is 1. The molecule has 0 fully saturated rings. The fraction of sp³-hybridized carbons (Fsp3) is 0.400. The van der Waals surface area contributed by atoms with Crippen LogP contribution in [0.2, 0.25) is 10.0 Å². The van der Waals surface area contributed by atoms with Crippen molar-refractivity contribution in [3.05, 3.63) is 34.2 Å². The van der Waals surface area contributed by atoms with Crippen LogP contribution in [0.15, 0.2) is 18.5 Å². The molecule has 6 nitrogen and oxygen atoms in total. The van der Waals surface area contributed by atoms with Crippen LogP contribution in [0, 0.1) is 5.92 Å². The largest absolute Gasteiger partial charge is 0.480 e. The van der Waals surface area contributed by atoms with E-state index in [1.54, 1.807) is 29.8 Å². The minimum atomic E-state index is -1.04. The molecular formula is C15H17Cl2N3O3. The van der Waals surface area contributed by atoms with E-state index >= 15 is 0 Å². The number of imidazole rings is 1. The van der Waals surface area contributed by atoms with Crippen molar-refractivity contribution in [3.8, 4) is 0 Å². The highest BCUT2D eigenvalue weighted by Crippen LogP contribution is 2.22. The fourth-order valence-corrected chi connectivity index (χ4v) is 2.76. The molecule has 2 aromatic heterocycles. The van der Waals surface area contributed by atoms with Gasteiger partial charge in [-0.2, -0.15) is 0 Å². The van der Waals surface area contributed by atoms with Gasteiger partial charge >= 0.3 is 5.97 Å². The molecule has 0 unspecified atom stereocenters. The Hall–Kier alpha value is -1.79. The first-order valence-corrected chi connectivity index (χ1v) is 7.92. The maximum Gasteiger partial charge on any atom is 0.326 e. The standard InChI is InChI=1S/C15H17Cl2N3O3/c1-3-8(2)13(15(22)23)19-12(21)5-10-7-20-6-9(16)4-11(17)14(20)18-10/h4,6-8,13H,3,5H2,1-2H3,(H,19,21)(H,22,23)/t8-,13-/m0/s1. The van der Waals surface area contributed by atoms with Gasteiger partial charge in [-0.15, -0.1) is 0 Å². The number of carboxylic acid groups (broad SMARTS) is 1. The van der Waals surface area contributed by atoms with Crippen molar-refractivity contribution >= 4 is 40.7 Å². The molecular weight excluding hydrogens is 341 g/mol. The van der Waals surface area contributed by atoms with Gasteiger partial charge in [0.2, 0.25) is 5.91 Å². The molecule has 1 amide bonds. The predicted octanol–water partition coefficient (Wildman–Crippen LogP) is 2.80. The highest BCUT2D eigenvalue weighted by Gasteiger charge is 2.25. The molecule has 124 valence electrons. The van der Waals surface area contributed by atoms with Crippen LogP contribution in [-0.2, 0) is 16.0 Å². The summed E-state index contributed by atoms with van der Waals surface area (Å²) in [4.78, 5) is 27.6. The molecule has 0 aliphatic rings. The number of aliphatic carboxylic acids is 1. The van der Waals surface area contributed by atoms with Crippen LogP contribution in [0.5, 0.6) is 0 Å². The second-order valence-electron chi connectivity index (χ2n) is 5.42. The first kappa shape index (κ1) is 17.6. The van der Waals surface area contributed by atoms with Crippen molar-refractivity contribution in [2.75, 3.05) is 0 Å². The maximum atomic E-state index is 12.1. The average molecular weight is 358 g/mol. The molecule has 23 heavy (non-hydrogen) atoms. The Morgan fingerprint density at radius 2 is 2.09 bits per heavy atom. The normalized spacial score (nSPS) is 13.7. The summed E-state index contributed by atoms with van der Waals surface area (Å²) < 4.78 is 1.64.